The van der Waals surface area contributed by atoms with Crippen LogP contribution in [0.2, 0.25) is 0 Å². The SMILES string of the molecule is Cc1cccc(N2CCN(CCNC(=O)c3ccc(F)c(F)c3)CC2)c1. The molecule has 0 aliphatic carbocycles. The van der Waals surface area contributed by atoms with E-state index in [4.69, 9.17) is 0 Å². The highest BCUT2D eigenvalue weighted by atomic mass is 19.2. The van der Waals surface area contributed by atoms with Crippen LogP contribution in [0.5, 0.6) is 0 Å². The molecule has 26 heavy (non-hydrogen) atoms. The number of carbonyl (C=O) groups excluding carboxylic acids is 1. The lowest BCUT2D eigenvalue weighted by Crippen LogP contribution is -2.48. The maximum atomic E-state index is 13.2. The summed E-state index contributed by atoms with van der Waals surface area (Å²) in [7, 11) is 0. The number of amides is 1. The Bertz CT molecular complexity index is 773. The van der Waals surface area contributed by atoms with E-state index in [-0.39, 0.29) is 11.5 Å². The molecule has 0 saturated carbocycles. The third-order valence-electron chi connectivity index (χ3n) is 4.63. The van der Waals surface area contributed by atoms with Crippen molar-refractivity contribution in [3.05, 3.63) is 65.2 Å². The lowest BCUT2D eigenvalue weighted by atomic mass is 10.2. The van der Waals surface area contributed by atoms with Gasteiger partial charge in [-0.15, -0.1) is 0 Å². The molecule has 6 heteroatoms. The van der Waals surface area contributed by atoms with Gasteiger partial charge in [-0.05, 0) is 42.8 Å². The standard InChI is InChI=1S/C20H23F2N3O/c1-15-3-2-4-17(13-15)25-11-9-24(10-12-25)8-7-23-20(26)16-5-6-18(21)19(22)14-16/h2-6,13-14H,7-12H2,1H3,(H,23,26). The van der Waals surface area contributed by atoms with Crippen LogP contribution in [0.4, 0.5) is 14.5 Å². The van der Waals surface area contributed by atoms with Gasteiger partial charge in [0.15, 0.2) is 11.6 Å². The fourth-order valence-corrected chi connectivity index (χ4v) is 3.12. The fraction of sp³-hybridized carbons (Fsp3) is 0.350. The zero-order chi connectivity index (χ0) is 18.5. The Morgan fingerprint density at radius 3 is 2.50 bits per heavy atom. The average Bonchev–Trinajstić information content (AvgIpc) is 2.64. The van der Waals surface area contributed by atoms with Gasteiger partial charge in [0.05, 0.1) is 0 Å². The van der Waals surface area contributed by atoms with Crippen molar-refractivity contribution in [1.82, 2.24) is 10.2 Å². The summed E-state index contributed by atoms with van der Waals surface area (Å²) >= 11 is 0. The molecule has 0 aromatic heterocycles. The van der Waals surface area contributed by atoms with Crippen molar-refractivity contribution in [2.75, 3.05) is 44.2 Å². The molecule has 2 aromatic rings. The molecule has 1 aliphatic rings. The van der Waals surface area contributed by atoms with Crippen molar-refractivity contribution in [1.29, 1.82) is 0 Å². The summed E-state index contributed by atoms with van der Waals surface area (Å²) in [6, 6.07) is 11.7. The van der Waals surface area contributed by atoms with E-state index < -0.39 is 11.6 Å². The molecule has 0 bridgehead atoms. The fourth-order valence-electron chi connectivity index (χ4n) is 3.12. The van der Waals surface area contributed by atoms with Gasteiger partial charge < -0.3 is 10.2 Å². The van der Waals surface area contributed by atoms with Crippen molar-refractivity contribution in [3.8, 4) is 0 Å². The number of halogens is 2. The van der Waals surface area contributed by atoms with E-state index in [1.54, 1.807) is 0 Å². The second kappa shape index (κ2) is 8.27. The number of piperazine rings is 1. The molecule has 0 radical (unpaired) electrons. The molecular formula is C20H23F2N3O. The molecule has 1 saturated heterocycles. The van der Waals surface area contributed by atoms with Crippen molar-refractivity contribution >= 4 is 11.6 Å². The summed E-state index contributed by atoms with van der Waals surface area (Å²) in [5, 5.41) is 2.76. The van der Waals surface area contributed by atoms with Crippen molar-refractivity contribution < 1.29 is 13.6 Å². The number of hydrogen-bond donors (Lipinski definition) is 1. The van der Waals surface area contributed by atoms with Crippen LogP contribution in [-0.2, 0) is 0 Å². The van der Waals surface area contributed by atoms with E-state index in [0.717, 1.165) is 44.9 Å². The van der Waals surface area contributed by atoms with Gasteiger partial charge in [-0.1, -0.05) is 12.1 Å². The second-order valence-electron chi connectivity index (χ2n) is 6.55. The third-order valence-corrected chi connectivity index (χ3v) is 4.63. The summed E-state index contributed by atoms with van der Waals surface area (Å²) in [5.74, 6) is -2.35. The minimum Gasteiger partial charge on any atom is -0.369 e. The summed E-state index contributed by atoms with van der Waals surface area (Å²) in [6.45, 7) is 7.04. The van der Waals surface area contributed by atoms with Crippen LogP contribution in [-0.4, -0.2) is 50.1 Å². The van der Waals surface area contributed by atoms with E-state index in [2.05, 4.69) is 46.3 Å². The number of nitrogens with one attached hydrogen (secondary N) is 1. The van der Waals surface area contributed by atoms with Crippen LogP contribution in [0.1, 0.15) is 15.9 Å². The molecule has 1 N–H and O–H groups in total. The lowest BCUT2D eigenvalue weighted by Gasteiger charge is -2.36. The molecule has 138 valence electrons. The molecule has 0 atom stereocenters. The first kappa shape index (κ1) is 18.3. The number of hydrogen-bond acceptors (Lipinski definition) is 3. The molecule has 3 rings (SSSR count). The summed E-state index contributed by atoms with van der Waals surface area (Å²) in [4.78, 5) is 16.6. The first-order valence-corrected chi connectivity index (χ1v) is 8.80. The van der Waals surface area contributed by atoms with Gasteiger partial charge in [-0.25, -0.2) is 8.78 Å². The maximum Gasteiger partial charge on any atom is 0.251 e. The third kappa shape index (κ3) is 4.58. The average molecular weight is 359 g/mol. The Labute approximate surface area is 152 Å². The highest BCUT2D eigenvalue weighted by Gasteiger charge is 2.17. The summed E-state index contributed by atoms with van der Waals surface area (Å²) in [6.07, 6.45) is 0. The van der Waals surface area contributed by atoms with Crippen LogP contribution in [0.25, 0.3) is 0 Å². The Morgan fingerprint density at radius 2 is 1.81 bits per heavy atom. The van der Waals surface area contributed by atoms with Gasteiger partial charge in [-0.2, -0.15) is 0 Å². The molecule has 4 nitrogen and oxygen atoms in total. The Morgan fingerprint density at radius 1 is 1.04 bits per heavy atom. The first-order valence-electron chi connectivity index (χ1n) is 8.80. The van der Waals surface area contributed by atoms with Gasteiger partial charge in [0.1, 0.15) is 0 Å². The first-order chi connectivity index (χ1) is 12.5. The minimum absolute atomic E-state index is 0.133. The van der Waals surface area contributed by atoms with E-state index in [9.17, 15) is 13.6 Å². The van der Waals surface area contributed by atoms with Crippen LogP contribution in [0, 0.1) is 18.6 Å². The van der Waals surface area contributed by atoms with E-state index in [1.807, 2.05) is 0 Å². The molecule has 0 spiro atoms. The number of aryl methyl sites for hydroxylation is 1. The van der Waals surface area contributed by atoms with Crippen molar-refractivity contribution in [3.63, 3.8) is 0 Å². The van der Waals surface area contributed by atoms with Gasteiger partial charge in [-0.3, -0.25) is 9.69 Å². The van der Waals surface area contributed by atoms with Gasteiger partial charge >= 0.3 is 0 Å². The van der Waals surface area contributed by atoms with E-state index in [1.165, 1.54) is 17.3 Å². The van der Waals surface area contributed by atoms with E-state index in [0.29, 0.717) is 6.54 Å². The normalized spacial score (nSPS) is 15.1. The van der Waals surface area contributed by atoms with E-state index >= 15 is 0 Å². The molecule has 0 unspecified atom stereocenters. The maximum absolute atomic E-state index is 13.2. The second-order valence-corrected chi connectivity index (χ2v) is 6.55. The number of rotatable bonds is 5. The zero-order valence-corrected chi connectivity index (χ0v) is 14.8. The van der Waals surface area contributed by atoms with Gasteiger partial charge in [0, 0.05) is 50.5 Å². The summed E-state index contributed by atoms with van der Waals surface area (Å²) in [5.41, 5.74) is 2.63. The molecular weight excluding hydrogens is 336 g/mol. The lowest BCUT2D eigenvalue weighted by molar-refractivity contribution is 0.0947. The molecule has 1 aliphatic heterocycles. The number of nitrogens with zero attached hydrogens (tertiary/aromatic N) is 2. The monoisotopic (exact) mass is 359 g/mol. The number of anilines is 1. The Kier molecular flexibility index (Phi) is 5.83. The Hall–Kier alpha value is -2.47. The quantitative estimate of drug-likeness (QED) is 0.892. The summed E-state index contributed by atoms with van der Waals surface area (Å²) < 4.78 is 26.1. The smallest absolute Gasteiger partial charge is 0.251 e. The van der Waals surface area contributed by atoms with Crippen LogP contribution in [0.3, 0.4) is 0 Å². The van der Waals surface area contributed by atoms with Crippen molar-refractivity contribution in [2.24, 2.45) is 0 Å². The predicted molar refractivity (Wildman–Crippen MR) is 98.5 cm³/mol. The molecule has 2 aromatic carbocycles. The van der Waals surface area contributed by atoms with Crippen LogP contribution < -0.4 is 10.2 Å². The van der Waals surface area contributed by atoms with Crippen LogP contribution >= 0.6 is 0 Å². The van der Waals surface area contributed by atoms with Gasteiger partial charge in [0.2, 0.25) is 0 Å². The topological polar surface area (TPSA) is 35.6 Å². The molecule has 1 heterocycles. The Balaban J connectivity index is 1.42. The zero-order valence-electron chi connectivity index (χ0n) is 14.8. The molecule has 1 amide bonds. The van der Waals surface area contributed by atoms with Gasteiger partial charge in [0.25, 0.3) is 5.91 Å². The highest BCUT2D eigenvalue weighted by Crippen LogP contribution is 2.17. The van der Waals surface area contributed by atoms with Crippen LogP contribution in [0.15, 0.2) is 42.5 Å². The minimum atomic E-state index is -1.01. The number of carbonyl (C=O) groups is 1. The van der Waals surface area contributed by atoms with Crippen molar-refractivity contribution in [2.45, 2.75) is 6.92 Å². The predicted octanol–water partition coefficient (Wildman–Crippen LogP) is 2.83. The highest BCUT2D eigenvalue weighted by molar-refractivity contribution is 5.94. The molecule has 1 fully saturated rings. The number of benzene rings is 2. The largest absolute Gasteiger partial charge is 0.369 e.